The van der Waals surface area contributed by atoms with Crippen molar-refractivity contribution in [3.63, 3.8) is 0 Å². The lowest BCUT2D eigenvalue weighted by Gasteiger charge is -2.01. The molecular formula is C8H6Cl2O4. The number of phenols is 1. The largest absolute Gasteiger partial charge is 0.506 e. The van der Waals surface area contributed by atoms with Gasteiger partial charge in [0.2, 0.25) is 5.78 Å². The molecule has 0 spiro atoms. The summed E-state index contributed by atoms with van der Waals surface area (Å²) in [6.45, 7) is 0. The van der Waals surface area contributed by atoms with Crippen molar-refractivity contribution in [3.8, 4) is 5.75 Å². The van der Waals surface area contributed by atoms with Gasteiger partial charge in [0.05, 0.1) is 10.0 Å². The highest BCUT2D eigenvalue weighted by Crippen LogP contribution is 2.29. The maximum atomic E-state index is 10.9. The van der Waals surface area contributed by atoms with Gasteiger partial charge in [-0.2, -0.15) is 0 Å². The number of halogens is 2. The molecule has 0 aliphatic heterocycles. The Kier molecular flexibility index (Phi) is 4.56. The fourth-order valence-electron chi connectivity index (χ4n) is 0.789. The quantitative estimate of drug-likeness (QED) is 0.477. The number of carbonyl (C=O) groups excluding carboxylic acids is 2. The average molecular weight is 237 g/mol. The third-order valence-electron chi connectivity index (χ3n) is 1.41. The molecule has 14 heavy (non-hydrogen) atoms. The van der Waals surface area contributed by atoms with Crippen LogP contribution in [0.3, 0.4) is 0 Å². The highest BCUT2D eigenvalue weighted by atomic mass is 35.5. The summed E-state index contributed by atoms with van der Waals surface area (Å²) in [6, 6.07) is 2.26. The van der Waals surface area contributed by atoms with Gasteiger partial charge in [-0.3, -0.25) is 9.59 Å². The molecule has 76 valence electrons. The molecule has 0 amide bonds. The number of aromatic hydroxyl groups is 1. The van der Waals surface area contributed by atoms with E-state index in [1.54, 1.807) is 0 Å². The number of ketones is 1. The van der Waals surface area contributed by atoms with E-state index in [1.165, 1.54) is 0 Å². The van der Waals surface area contributed by atoms with Gasteiger partial charge in [0, 0.05) is 11.6 Å². The molecule has 0 atom stereocenters. The van der Waals surface area contributed by atoms with Gasteiger partial charge in [0.15, 0.2) is 6.29 Å². The molecule has 0 saturated heterocycles. The van der Waals surface area contributed by atoms with Crippen molar-refractivity contribution in [2.45, 2.75) is 0 Å². The van der Waals surface area contributed by atoms with Crippen LogP contribution in [-0.2, 0) is 4.79 Å². The van der Waals surface area contributed by atoms with Gasteiger partial charge < -0.3 is 10.6 Å². The smallest absolute Gasteiger partial charge is 0.226 e. The Balaban J connectivity index is 0.00000169. The normalized spacial score (nSPS) is 9.00. The zero-order chi connectivity index (χ0) is 10.0. The predicted octanol–water partition coefficient (Wildman–Crippen LogP) is 1.26. The lowest BCUT2D eigenvalue weighted by molar-refractivity contribution is -0.104. The van der Waals surface area contributed by atoms with Gasteiger partial charge in [-0.25, -0.2) is 0 Å². The van der Waals surface area contributed by atoms with Crippen LogP contribution in [0, 0.1) is 0 Å². The van der Waals surface area contributed by atoms with Gasteiger partial charge >= 0.3 is 0 Å². The first kappa shape index (κ1) is 12.9. The molecule has 3 N–H and O–H groups in total. The van der Waals surface area contributed by atoms with E-state index in [9.17, 15) is 9.59 Å². The Bertz CT molecular complexity index is 376. The lowest BCUT2D eigenvalue weighted by atomic mass is 10.1. The zero-order valence-corrected chi connectivity index (χ0v) is 8.26. The van der Waals surface area contributed by atoms with E-state index in [1.807, 2.05) is 0 Å². The van der Waals surface area contributed by atoms with Crippen molar-refractivity contribution in [2.24, 2.45) is 0 Å². The van der Waals surface area contributed by atoms with Crippen molar-refractivity contribution in [1.29, 1.82) is 0 Å². The maximum Gasteiger partial charge on any atom is 0.226 e. The molecule has 0 fully saturated rings. The van der Waals surface area contributed by atoms with Crippen LogP contribution in [0.5, 0.6) is 5.75 Å². The lowest BCUT2D eigenvalue weighted by Crippen LogP contribution is -2.00. The average Bonchev–Trinajstić information content (AvgIpc) is 2.10. The molecule has 6 heteroatoms. The minimum absolute atomic E-state index is 0. The Labute approximate surface area is 89.4 Å². The standard InChI is InChI=1S/C8H4Cl2O3.H2O/c9-5-2-7(12)6(10)1-4(5)8(13)3-11;/h1-3,12H;1H2. The first-order valence-electron chi connectivity index (χ1n) is 3.23. The van der Waals surface area contributed by atoms with Gasteiger partial charge in [-0.05, 0) is 6.07 Å². The van der Waals surface area contributed by atoms with Crippen molar-refractivity contribution < 1.29 is 20.2 Å². The fourth-order valence-corrected chi connectivity index (χ4v) is 1.20. The number of benzene rings is 1. The summed E-state index contributed by atoms with van der Waals surface area (Å²) in [7, 11) is 0. The second kappa shape index (κ2) is 4.95. The molecule has 0 aromatic heterocycles. The fraction of sp³-hybridized carbons (Fsp3) is 0. The molecule has 0 unspecified atom stereocenters. The summed E-state index contributed by atoms with van der Waals surface area (Å²) < 4.78 is 0. The molecule has 0 aliphatic rings. The maximum absolute atomic E-state index is 10.9. The predicted molar refractivity (Wildman–Crippen MR) is 52.1 cm³/mol. The topological polar surface area (TPSA) is 85.9 Å². The highest BCUT2D eigenvalue weighted by molar-refractivity contribution is 6.42. The van der Waals surface area contributed by atoms with E-state index in [0.29, 0.717) is 0 Å². The van der Waals surface area contributed by atoms with Gasteiger partial charge in [-0.15, -0.1) is 0 Å². The molecule has 4 nitrogen and oxygen atoms in total. The minimum Gasteiger partial charge on any atom is -0.506 e. The van der Waals surface area contributed by atoms with Gasteiger partial charge in [0.25, 0.3) is 0 Å². The van der Waals surface area contributed by atoms with Gasteiger partial charge in [0.1, 0.15) is 5.75 Å². The van der Waals surface area contributed by atoms with Crippen LogP contribution in [0.25, 0.3) is 0 Å². The Hall–Kier alpha value is -1.10. The van der Waals surface area contributed by atoms with Crippen LogP contribution in [-0.4, -0.2) is 22.7 Å². The Morgan fingerprint density at radius 1 is 1.29 bits per heavy atom. The minimum atomic E-state index is -0.771. The number of Topliss-reactive ketones (excluding diaryl/α,β-unsaturated/α-hetero) is 1. The van der Waals surface area contributed by atoms with Crippen LogP contribution in [0.2, 0.25) is 10.0 Å². The molecule has 0 radical (unpaired) electrons. The molecule has 0 saturated carbocycles. The number of aldehydes is 1. The van der Waals surface area contributed by atoms with Crippen LogP contribution < -0.4 is 0 Å². The summed E-state index contributed by atoms with van der Waals surface area (Å²) in [5, 5.41) is 9.04. The van der Waals surface area contributed by atoms with Crippen LogP contribution in [0.4, 0.5) is 0 Å². The first-order valence-corrected chi connectivity index (χ1v) is 3.99. The van der Waals surface area contributed by atoms with Crippen LogP contribution in [0.1, 0.15) is 10.4 Å². The molecular weight excluding hydrogens is 231 g/mol. The SMILES string of the molecule is O.O=CC(=O)c1cc(Cl)c(O)cc1Cl. The second-order valence-corrected chi connectivity index (χ2v) is 3.08. The molecule has 1 rings (SSSR count). The third kappa shape index (κ3) is 2.45. The van der Waals surface area contributed by atoms with Crippen LogP contribution >= 0.6 is 23.2 Å². The molecule has 1 aromatic carbocycles. The Morgan fingerprint density at radius 3 is 2.36 bits per heavy atom. The summed E-state index contributed by atoms with van der Waals surface area (Å²) >= 11 is 11.1. The number of hydrogen-bond acceptors (Lipinski definition) is 3. The summed E-state index contributed by atoms with van der Waals surface area (Å²) in [5.74, 6) is -0.999. The van der Waals surface area contributed by atoms with E-state index in [0.717, 1.165) is 12.1 Å². The summed E-state index contributed by atoms with van der Waals surface area (Å²) in [4.78, 5) is 21.0. The molecule has 0 bridgehead atoms. The highest BCUT2D eigenvalue weighted by Gasteiger charge is 2.12. The van der Waals surface area contributed by atoms with E-state index < -0.39 is 5.78 Å². The second-order valence-electron chi connectivity index (χ2n) is 2.27. The first-order chi connectivity index (χ1) is 6.06. The number of carbonyl (C=O) groups is 2. The number of rotatable bonds is 2. The molecule has 0 aliphatic carbocycles. The molecule has 1 aromatic rings. The van der Waals surface area contributed by atoms with Crippen molar-refractivity contribution in [3.05, 3.63) is 27.7 Å². The molecule has 0 heterocycles. The van der Waals surface area contributed by atoms with E-state index in [-0.39, 0.29) is 33.1 Å². The van der Waals surface area contributed by atoms with Crippen LogP contribution in [0.15, 0.2) is 12.1 Å². The number of phenolic OH excluding ortho intramolecular Hbond substituents is 1. The zero-order valence-electron chi connectivity index (χ0n) is 6.75. The van der Waals surface area contributed by atoms with E-state index in [4.69, 9.17) is 28.3 Å². The van der Waals surface area contributed by atoms with Crippen molar-refractivity contribution >= 4 is 35.3 Å². The third-order valence-corrected chi connectivity index (χ3v) is 2.02. The van der Waals surface area contributed by atoms with Crippen molar-refractivity contribution in [1.82, 2.24) is 0 Å². The van der Waals surface area contributed by atoms with E-state index >= 15 is 0 Å². The number of hydrogen-bond donors (Lipinski definition) is 1. The Morgan fingerprint density at radius 2 is 1.86 bits per heavy atom. The summed E-state index contributed by atoms with van der Waals surface area (Å²) in [6.07, 6.45) is 0.134. The van der Waals surface area contributed by atoms with Gasteiger partial charge in [-0.1, -0.05) is 23.2 Å². The monoisotopic (exact) mass is 236 g/mol. The van der Waals surface area contributed by atoms with Crippen molar-refractivity contribution in [2.75, 3.05) is 0 Å². The van der Waals surface area contributed by atoms with E-state index in [2.05, 4.69) is 0 Å². The summed E-state index contributed by atoms with van der Waals surface area (Å²) in [5.41, 5.74) is -0.0144.